The van der Waals surface area contributed by atoms with E-state index in [-0.39, 0.29) is 11.8 Å². The van der Waals surface area contributed by atoms with Gasteiger partial charge in [-0.3, -0.25) is 9.59 Å². The summed E-state index contributed by atoms with van der Waals surface area (Å²) < 4.78 is 1.93. The van der Waals surface area contributed by atoms with E-state index in [0.717, 1.165) is 85.4 Å². The minimum atomic E-state index is -0.0887. The Hall–Kier alpha value is -4.40. The summed E-state index contributed by atoms with van der Waals surface area (Å²) in [6, 6.07) is 35.2. The van der Waals surface area contributed by atoms with Gasteiger partial charge in [0.15, 0.2) is 0 Å². The number of nitrogens with zero attached hydrogens (tertiary/aromatic N) is 2. The lowest BCUT2D eigenvalue weighted by Gasteiger charge is -2.11. The van der Waals surface area contributed by atoms with Gasteiger partial charge in [0, 0.05) is 43.9 Å². The van der Waals surface area contributed by atoms with E-state index in [0.29, 0.717) is 24.2 Å². The molecular formula is C39H34Br2N4O2. The van der Waals surface area contributed by atoms with Crippen LogP contribution in [0.25, 0.3) is 44.3 Å². The second-order valence-electron chi connectivity index (χ2n) is 11.4. The average molecular weight is 751 g/mol. The Morgan fingerprint density at radius 2 is 0.936 bits per heavy atom. The number of amides is 2. The molecule has 47 heavy (non-hydrogen) atoms. The van der Waals surface area contributed by atoms with Crippen molar-refractivity contribution in [3.05, 3.63) is 129 Å². The number of hydrogen-bond donors (Lipinski definition) is 2. The van der Waals surface area contributed by atoms with Gasteiger partial charge in [0.1, 0.15) is 0 Å². The first-order valence-corrected chi connectivity index (χ1v) is 17.4. The molecule has 0 radical (unpaired) electrons. The molecule has 2 heterocycles. The third-order valence-corrected chi connectivity index (χ3v) is 9.07. The number of carbonyl (C=O) groups is 2. The number of pyridine rings is 2. The highest BCUT2D eigenvalue weighted by Gasteiger charge is 2.15. The van der Waals surface area contributed by atoms with Crippen molar-refractivity contribution in [3.63, 3.8) is 0 Å². The summed E-state index contributed by atoms with van der Waals surface area (Å²) in [6.45, 7) is 1.21. The number of rotatable bonds is 12. The molecule has 8 heteroatoms. The van der Waals surface area contributed by atoms with Crippen LogP contribution in [-0.2, 0) is 0 Å². The zero-order chi connectivity index (χ0) is 32.6. The van der Waals surface area contributed by atoms with Crippen LogP contribution in [0.4, 0.5) is 0 Å². The molecule has 4 aromatic carbocycles. The number of hydrogen-bond acceptors (Lipinski definition) is 4. The molecule has 2 N–H and O–H groups in total. The number of aromatic nitrogens is 2. The average Bonchev–Trinajstić information content (AvgIpc) is 3.09. The summed E-state index contributed by atoms with van der Waals surface area (Å²) in [7, 11) is 0. The quantitative estimate of drug-likeness (QED) is 0.122. The third-order valence-electron chi connectivity index (χ3n) is 8.09. The minimum Gasteiger partial charge on any atom is -0.352 e. The Labute approximate surface area is 291 Å². The molecule has 0 atom stereocenters. The topological polar surface area (TPSA) is 84.0 Å². The number of halogens is 2. The first-order valence-electron chi connectivity index (χ1n) is 15.8. The van der Waals surface area contributed by atoms with Crippen molar-refractivity contribution in [3.8, 4) is 22.5 Å². The summed E-state index contributed by atoms with van der Waals surface area (Å²) in [5.41, 5.74) is 6.30. The van der Waals surface area contributed by atoms with Gasteiger partial charge in [0.25, 0.3) is 11.8 Å². The van der Waals surface area contributed by atoms with E-state index in [2.05, 4.69) is 42.5 Å². The Morgan fingerprint density at radius 3 is 1.38 bits per heavy atom. The number of benzene rings is 4. The van der Waals surface area contributed by atoms with Crippen molar-refractivity contribution >= 4 is 65.5 Å². The fraction of sp³-hybridized carbons (Fsp3) is 0.179. The Bertz CT molecular complexity index is 1920. The molecular weight excluding hydrogens is 716 g/mol. The van der Waals surface area contributed by atoms with Gasteiger partial charge >= 0.3 is 0 Å². The van der Waals surface area contributed by atoms with Crippen molar-refractivity contribution in [1.82, 2.24) is 20.6 Å². The van der Waals surface area contributed by atoms with Gasteiger partial charge in [-0.15, -0.1) is 0 Å². The molecule has 0 unspecified atom stereocenters. The lowest BCUT2D eigenvalue weighted by Crippen LogP contribution is -2.25. The van der Waals surface area contributed by atoms with Crippen LogP contribution in [-0.4, -0.2) is 34.9 Å². The van der Waals surface area contributed by atoms with Gasteiger partial charge in [-0.2, -0.15) is 0 Å². The van der Waals surface area contributed by atoms with Crippen LogP contribution in [0.2, 0.25) is 0 Å². The molecule has 0 spiro atoms. The lowest BCUT2D eigenvalue weighted by atomic mass is 10.0. The molecule has 0 aliphatic rings. The van der Waals surface area contributed by atoms with Crippen molar-refractivity contribution < 1.29 is 9.59 Å². The van der Waals surface area contributed by atoms with Gasteiger partial charge in [-0.25, -0.2) is 9.97 Å². The standard InChI is InChI=1S/C39H34Br2N4O2/c40-28-14-10-12-26(22-28)36-24-32(30-16-4-6-18-34(30)44-36)38(46)42-20-8-2-1-3-9-21-43-39(47)33-25-37(27-13-11-15-29(41)23-27)45-35-19-7-5-17-31(33)35/h4-7,10-19,22-25H,1-3,8-9,20-21H2,(H,42,46)(H,43,47). The zero-order valence-corrected chi connectivity index (χ0v) is 29.0. The van der Waals surface area contributed by atoms with E-state index in [4.69, 9.17) is 9.97 Å². The molecule has 0 aliphatic carbocycles. The van der Waals surface area contributed by atoms with Crippen LogP contribution in [0.5, 0.6) is 0 Å². The van der Waals surface area contributed by atoms with E-state index in [1.807, 2.05) is 109 Å². The largest absolute Gasteiger partial charge is 0.352 e. The summed E-state index contributed by atoms with van der Waals surface area (Å²) in [4.78, 5) is 36.1. The van der Waals surface area contributed by atoms with Crippen LogP contribution in [0.1, 0.15) is 52.8 Å². The van der Waals surface area contributed by atoms with Crippen molar-refractivity contribution in [2.24, 2.45) is 0 Å². The summed E-state index contributed by atoms with van der Waals surface area (Å²) in [6.07, 6.45) is 4.81. The van der Waals surface area contributed by atoms with Crippen LogP contribution in [0.3, 0.4) is 0 Å². The molecule has 0 aliphatic heterocycles. The number of carbonyl (C=O) groups excluding carboxylic acids is 2. The molecule has 6 rings (SSSR count). The van der Waals surface area contributed by atoms with Crippen molar-refractivity contribution in [2.75, 3.05) is 13.1 Å². The highest BCUT2D eigenvalue weighted by Crippen LogP contribution is 2.28. The van der Waals surface area contributed by atoms with Crippen molar-refractivity contribution in [1.29, 1.82) is 0 Å². The SMILES string of the molecule is O=C(NCCCCCCCNC(=O)c1cc(-c2cccc(Br)c2)nc2ccccc12)c1cc(-c2cccc(Br)c2)nc2ccccc12. The van der Waals surface area contributed by atoms with E-state index in [1.165, 1.54) is 0 Å². The Kier molecular flexibility index (Phi) is 10.7. The highest BCUT2D eigenvalue weighted by molar-refractivity contribution is 9.10. The molecule has 6 aromatic rings. The van der Waals surface area contributed by atoms with E-state index in [9.17, 15) is 9.59 Å². The predicted octanol–water partition coefficient (Wildman–Crippen LogP) is 9.75. The Morgan fingerprint density at radius 1 is 0.511 bits per heavy atom. The van der Waals surface area contributed by atoms with Gasteiger partial charge in [-0.1, -0.05) is 112 Å². The maximum Gasteiger partial charge on any atom is 0.252 e. The monoisotopic (exact) mass is 748 g/mol. The van der Waals surface area contributed by atoms with Gasteiger partial charge in [0.2, 0.25) is 0 Å². The maximum absolute atomic E-state index is 13.3. The van der Waals surface area contributed by atoms with Crippen LogP contribution in [0, 0.1) is 0 Å². The molecule has 6 nitrogen and oxygen atoms in total. The summed E-state index contributed by atoms with van der Waals surface area (Å²) in [5.74, 6) is -0.177. The normalized spacial score (nSPS) is 11.1. The molecule has 2 aromatic heterocycles. The number of nitrogens with one attached hydrogen (secondary N) is 2. The number of para-hydroxylation sites is 2. The summed E-state index contributed by atoms with van der Waals surface area (Å²) in [5, 5.41) is 7.90. The molecule has 0 saturated carbocycles. The first-order chi connectivity index (χ1) is 23.0. The third kappa shape index (κ3) is 8.13. The predicted molar refractivity (Wildman–Crippen MR) is 198 cm³/mol. The zero-order valence-electron chi connectivity index (χ0n) is 25.8. The fourth-order valence-electron chi connectivity index (χ4n) is 5.69. The molecule has 0 saturated heterocycles. The van der Waals surface area contributed by atoms with Crippen LogP contribution < -0.4 is 10.6 Å². The van der Waals surface area contributed by atoms with Crippen molar-refractivity contribution in [2.45, 2.75) is 32.1 Å². The number of fused-ring (bicyclic) bond motifs is 2. The second-order valence-corrected chi connectivity index (χ2v) is 13.3. The maximum atomic E-state index is 13.3. The first kappa shape index (κ1) is 32.5. The van der Waals surface area contributed by atoms with E-state index in [1.54, 1.807) is 0 Å². The molecule has 2 amide bonds. The van der Waals surface area contributed by atoms with Gasteiger partial charge in [0.05, 0.1) is 33.5 Å². The smallest absolute Gasteiger partial charge is 0.252 e. The molecule has 236 valence electrons. The van der Waals surface area contributed by atoms with Crippen LogP contribution >= 0.6 is 31.9 Å². The van der Waals surface area contributed by atoms with Gasteiger partial charge in [-0.05, 0) is 61.4 Å². The second kappa shape index (κ2) is 15.5. The fourth-order valence-corrected chi connectivity index (χ4v) is 6.49. The highest BCUT2D eigenvalue weighted by atomic mass is 79.9. The summed E-state index contributed by atoms with van der Waals surface area (Å²) >= 11 is 7.06. The van der Waals surface area contributed by atoms with Crippen LogP contribution in [0.15, 0.2) is 118 Å². The lowest BCUT2D eigenvalue weighted by molar-refractivity contribution is 0.0947. The number of unbranched alkanes of at least 4 members (excludes halogenated alkanes) is 4. The van der Waals surface area contributed by atoms with E-state index >= 15 is 0 Å². The minimum absolute atomic E-state index is 0.0887. The Balaban J connectivity index is 0.972. The van der Waals surface area contributed by atoms with E-state index < -0.39 is 0 Å². The van der Waals surface area contributed by atoms with Gasteiger partial charge < -0.3 is 10.6 Å². The molecule has 0 fully saturated rings. The molecule has 0 bridgehead atoms.